The smallest absolute Gasteiger partial charge is 0.254 e. The molecule has 0 radical (unpaired) electrons. The van der Waals surface area contributed by atoms with Gasteiger partial charge < -0.3 is 57.4 Å². The highest BCUT2D eigenvalue weighted by molar-refractivity contribution is 14.1. The lowest BCUT2D eigenvalue weighted by Crippen LogP contribution is -2.37. The third-order valence-corrected chi connectivity index (χ3v) is 14.3. The quantitative estimate of drug-likeness (QED) is 0.0561. The number of aliphatic hydroxyl groups excluding tert-OH is 6. The highest BCUT2D eigenvalue weighted by atomic mass is 127. The van der Waals surface area contributed by atoms with Crippen molar-refractivity contribution in [1.82, 2.24) is 21.6 Å². The number of nitrogens with one attached hydrogen (secondary N) is 4. The summed E-state index contributed by atoms with van der Waals surface area (Å²) >= 11 is 22.9. The van der Waals surface area contributed by atoms with Gasteiger partial charge in [0.1, 0.15) is 0 Å². The van der Waals surface area contributed by atoms with E-state index in [0.29, 0.717) is 45.4 Å². The number of amides is 2. The summed E-state index contributed by atoms with van der Waals surface area (Å²) in [6.07, 6.45) is -1.95. The van der Waals surface area contributed by atoms with Crippen molar-refractivity contribution in [3.05, 3.63) is 54.8 Å². The molecule has 0 spiro atoms. The molecule has 58 heavy (non-hydrogen) atoms. The van der Waals surface area contributed by atoms with Gasteiger partial charge in [-0.05, 0) is 183 Å². The number of aliphatic hydroxyl groups is 6. The van der Waals surface area contributed by atoms with Crippen molar-refractivity contribution in [1.29, 1.82) is 0 Å². The zero-order valence-electron chi connectivity index (χ0n) is 29.4. The molecule has 2 aromatic rings. The fraction of sp³-hybridized carbons (Fsp3) is 0.515. The SMILES string of the molecule is C.C.CCC(NO)c1c(I)c(C(=O)Cl)c(I)c(C(=O)Cl)c1I.CCC(NO)c1c(I)c(C(=O)NCC(O)CO)c(I)c(C(=O)NCC(O)CO)c1I.NCC(O)CO. The van der Waals surface area contributed by atoms with Gasteiger partial charge in [0.2, 0.25) is 0 Å². The van der Waals surface area contributed by atoms with Crippen LogP contribution in [0.15, 0.2) is 0 Å². The molecule has 5 atom stereocenters. The third-order valence-electron chi connectivity index (χ3n) is 7.27. The van der Waals surface area contributed by atoms with Gasteiger partial charge >= 0.3 is 0 Å². The molecule has 25 heteroatoms. The third kappa shape index (κ3) is 18.4. The van der Waals surface area contributed by atoms with Crippen molar-refractivity contribution < 1.29 is 60.2 Å². The molecular weight excluding hydrogens is 1490 g/mol. The first-order valence-electron chi connectivity index (χ1n) is 15.9. The van der Waals surface area contributed by atoms with E-state index in [0.717, 1.165) is 0 Å². The molecule has 334 valence electrons. The van der Waals surface area contributed by atoms with Gasteiger partial charge in [0, 0.05) is 41.1 Å². The van der Waals surface area contributed by atoms with Crippen molar-refractivity contribution in [3.63, 3.8) is 0 Å². The van der Waals surface area contributed by atoms with Crippen molar-refractivity contribution in [2.24, 2.45) is 5.73 Å². The van der Waals surface area contributed by atoms with Crippen LogP contribution < -0.4 is 27.3 Å². The van der Waals surface area contributed by atoms with Crippen molar-refractivity contribution in [2.75, 3.05) is 39.5 Å². The zero-order chi connectivity index (χ0) is 43.6. The molecule has 0 aliphatic rings. The van der Waals surface area contributed by atoms with Crippen LogP contribution in [0.4, 0.5) is 0 Å². The molecule has 0 saturated heterocycles. The van der Waals surface area contributed by atoms with E-state index < -0.39 is 65.9 Å². The molecule has 0 aliphatic carbocycles. The summed E-state index contributed by atoms with van der Waals surface area (Å²) in [5.74, 6) is -1.10. The molecule has 2 rings (SSSR count). The van der Waals surface area contributed by atoms with E-state index in [1.165, 1.54) is 0 Å². The maximum Gasteiger partial charge on any atom is 0.254 e. The molecule has 0 aromatic heterocycles. The fourth-order valence-electron chi connectivity index (χ4n) is 4.24. The summed E-state index contributed by atoms with van der Waals surface area (Å²) in [6, 6.07) is -0.972. The predicted molar refractivity (Wildman–Crippen MR) is 272 cm³/mol. The van der Waals surface area contributed by atoms with E-state index in [1.807, 2.05) is 149 Å². The van der Waals surface area contributed by atoms with Crippen LogP contribution in [0.2, 0.25) is 0 Å². The molecule has 2 amide bonds. The first kappa shape index (κ1) is 63.5. The van der Waals surface area contributed by atoms with Crippen molar-refractivity contribution >= 4 is 181 Å². The number of hydroxylamine groups is 2. The van der Waals surface area contributed by atoms with Gasteiger partial charge in [0.25, 0.3) is 22.3 Å². The van der Waals surface area contributed by atoms with Gasteiger partial charge in [-0.2, -0.15) is 11.0 Å². The minimum absolute atomic E-state index is 0. The van der Waals surface area contributed by atoms with Gasteiger partial charge in [0.15, 0.2) is 0 Å². The van der Waals surface area contributed by atoms with Crippen LogP contribution in [-0.2, 0) is 0 Å². The number of hydrogen-bond acceptors (Lipinski definition) is 15. The first-order valence-corrected chi connectivity index (χ1v) is 23.2. The summed E-state index contributed by atoms with van der Waals surface area (Å²) in [7, 11) is 0. The van der Waals surface area contributed by atoms with Crippen LogP contribution in [-0.4, -0.2) is 121 Å². The maximum atomic E-state index is 12.9. The molecule has 14 N–H and O–H groups in total. The van der Waals surface area contributed by atoms with Crippen LogP contribution >= 0.6 is 159 Å². The van der Waals surface area contributed by atoms with Gasteiger partial charge in [-0.15, -0.1) is 0 Å². The molecule has 0 saturated carbocycles. The zero-order valence-corrected chi connectivity index (χ0v) is 43.8. The maximum absolute atomic E-state index is 12.9. The molecule has 0 fully saturated rings. The van der Waals surface area contributed by atoms with E-state index in [1.54, 1.807) is 0 Å². The van der Waals surface area contributed by atoms with E-state index >= 15 is 0 Å². The van der Waals surface area contributed by atoms with E-state index in [9.17, 15) is 39.8 Å². The summed E-state index contributed by atoms with van der Waals surface area (Å²) in [6.45, 7) is 2.20. The normalized spacial score (nSPS) is 13.1. The van der Waals surface area contributed by atoms with Gasteiger partial charge in [0.05, 0.1) is 72.5 Å². The Morgan fingerprint density at radius 3 is 1.05 bits per heavy atom. The number of halogens is 8. The van der Waals surface area contributed by atoms with Gasteiger partial charge in [-0.1, -0.05) is 28.7 Å². The second-order valence-corrected chi connectivity index (χ2v) is 18.3. The van der Waals surface area contributed by atoms with E-state index in [2.05, 4.69) is 21.6 Å². The molecule has 2 aromatic carbocycles. The van der Waals surface area contributed by atoms with E-state index in [-0.39, 0.29) is 63.3 Å². The van der Waals surface area contributed by atoms with Crippen molar-refractivity contribution in [3.8, 4) is 0 Å². The highest BCUT2D eigenvalue weighted by Gasteiger charge is 2.31. The second-order valence-electron chi connectivity index (χ2n) is 11.1. The molecule has 17 nitrogen and oxygen atoms in total. The largest absolute Gasteiger partial charge is 0.394 e. The van der Waals surface area contributed by atoms with Gasteiger partial charge in [-0.25, -0.2) is 0 Å². The minimum Gasteiger partial charge on any atom is -0.394 e. The standard InChI is InChI=1S/C17H24I3N3O7.C11H8Cl2I3NO3.C3H9NO2.2CH4/c1-2-9(23-30)10-13(18)11(16(28)21-3-7(26)5-24)15(20)12(14(10)19)17(29)22-4-8(27)6-25;1-2-3(17-20)4-7(14)5(10(12)18)9(16)6(8(4)15)11(13)19;4-1-3(6)2-5;;/h7-9,23-27,30H,2-6H2,1H3,(H,21,28)(H,22,29);3,17,20H,2H2,1H3;3,5-6H,1-2,4H2;2*1H4. The van der Waals surface area contributed by atoms with Gasteiger partial charge in [-0.3, -0.25) is 19.2 Å². The molecule has 5 unspecified atom stereocenters. The highest BCUT2D eigenvalue weighted by Crippen LogP contribution is 2.38. The Morgan fingerprint density at radius 2 is 0.845 bits per heavy atom. The Morgan fingerprint density at radius 1 is 0.569 bits per heavy atom. The topological polar surface area (TPSA) is 304 Å². The number of carbonyl (C=O) groups excluding carboxylic acids is 4. The Kier molecular flexibility index (Phi) is 36.0. The Bertz CT molecular complexity index is 1570. The monoisotopic (exact) mass is 1540 g/mol. The average Bonchev–Trinajstić information content (AvgIpc) is 3.15. The number of nitrogens with two attached hydrogens (primary N) is 1. The summed E-state index contributed by atoms with van der Waals surface area (Å²) < 4.78 is 3.03. The summed E-state index contributed by atoms with van der Waals surface area (Å²) in [5.41, 5.74) is 11.3. The average molecular weight is 1540 g/mol. The van der Waals surface area contributed by atoms with E-state index in [4.69, 9.17) is 49.4 Å². The Labute approximate surface area is 429 Å². The number of benzene rings is 2. The molecular formula is C33H49Cl2I6N5O12. The number of hydrogen-bond donors (Lipinski definition) is 13. The minimum atomic E-state index is -1.13. The summed E-state index contributed by atoms with van der Waals surface area (Å²) in [5, 5.41) is 75.8. The number of rotatable bonds is 18. The Balaban J connectivity index is -0.000000932. The lowest BCUT2D eigenvalue weighted by atomic mass is 9.98. The fourth-order valence-corrected chi connectivity index (χ4v) is 15.1. The lowest BCUT2D eigenvalue weighted by Gasteiger charge is -2.23. The molecule has 0 aliphatic heterocycles. The second kappa shape index (κ2) is 32.8. The Hall–Kier alpha value is 1.24. The number of carbonyl (C=O) groups is 4. The van der Waals surface area contributed by atoms with Crippen LogP contribution in [0.3, 0.4) is 0 Å². The van der Waals surface area contributed by atoms with Crippen LogP contribution in [0.5, 0.6) is 0 Å². The van der Waals surface area contributed by atoms with Crippen LogP contribution in [0, 0.1) is 21.4 Å². The first-order chi connectivity index (χ1) is 26.2. The molecule has 0 bridgehead atoms. The van der Waals surface area contributed by atoms with Crippen LogP contribution in [0.1, 0.15) is 106 Å². The van der Waals surface area contributed by atoms with Crippen molar-refractivity contribution in [2.45, 2.75) is 71.9 Å². The predicted octanol–water partition coefficient (Wildman–Crippen LogP) is 4.36. The lowest BCUT2D eigenvalue weighted by molar-refractivity contribution is 0.0796. The van der Waals surface area contributed by atoms with Crippen LogP contribution in [0.25, 0.3) is 0 Å². The molecule has 0 heterocycles. The summed E-state index contributed by atoms with van der Waals surface area (Å²) in [4.78, 5) is 49.0.